The molecule has 0 bridgehead atoms. The number of likely N-dealkylation sites (tertiary alicyclic amines) is 1. The average molecular weight is 217 g/mol. The van der Waals surface area contributed by atoms with E-state index in [1.807, 2.05) is 0 Å². The van der Waals surface area contributed by atoms with Crippen molar-refractivity contribution in [3.63, 3.8) is 0 Å². The lowest BCUT2D eigenvalue weighted by atomic mass is 10.1. The van der Waals surface area contributed by atoms with Gasteiger partial charge in [0.1, 0.15) is 0 Å². The summed E-state index contributed by atoms with van der Waals surface area (Å²) in [6.07, 6.45) is 3.57. The Labute approximate surface area is 92.2 Å². The Kier molecular flexibility index (Phi) is 6.92. The molecule has 15 heavy (non-hydrogen) atoms. The number of piperidine rings is 1. The fourth-order valence-corrected chi connectivity index (χ4v) is 1.89. The summed E-state index contributed by atoms with van der Waals surface area (Å²) in [6.45, 7) is 4.75. The average Bonchev–Trinajstić information content (AvgIpc) is 2.27. The van der Waals surface area contributed by atoms with E-state index in [0.717, 1.165) is 52.1 Å². The van der Waals surface area contributed by atoms with Crippen molar-refractivity contribution in [1.29, 1.82) is 0 Å². The minimum absolute atomic E-state index is 0.263. The predicted molar refractivity (Wildman–Crippen MR) is 59.0 cm³/mol. The normalized spacial score (nSPS) is 19.6. The maximum Gasteiger partial charge on any atom is 0.0599 e. The molecule has 4 nitrogen and oxygen atoms in total. The van der Waals surface area contributed by atoms with Gasteiger partial charge in [-0.25, -0.2) is 0 Å². The Morgan fingerprint density at radius 2 is 2.00 bits per heavy atom. The van der Waals surface area contributed by atoms with Crippen molar-refractivity contribution in [2.24, 2.45) is 0 Å². The van der Waals surface area contributed by atoms with Crippen LogP contribution in [0.4, 0.5) is 0 Å². The van der Waals surface area contributed by atoms with Crippen LogP contribution >= 0.6 is 0 Å². The van der Waals surface area contributed by atoms with E-state index in [0.29, 0.717) is 6.10 Å². The van der Waals surface area contributed by atoms with Gasteiger partial charge in [0.2, 0.25) is 0 Å². The molecule has 0 saturated carbocycles. The smallest absolute Gasteiger partial charge is 0.0599 e. The Hall–Kier alpha value is -0.160. The molecule has 1 heterocycles. The highest BCUT2D eigenvalue weighted by atomic mass is 16.5. The van der Waals surface area contributed by atoms with E-state index in [9.17, 15) is 0 Å². The molecule has 1 N–H and O–H groups in total. The Morgan fingerprint density at radius 3 is 2.60 bits per heavy atom. The van der Waals surface area contributed by atoms with Gasteiger partial charge in [0.25, 0.3) is 0 Å². The minimum atomic E-state index is 0.263. The summed E-state index contributed by atoms with van der Waals surface area (Å²) < 4.78 is 10.7. The van der Waals surface area contributed by atoms with Gasteiger partial charge in [-0.05, 0) is 19.3 Å². The van der Waals surface area contributed by atoms with Gasteiger partial charge < -0.3 is 19.5 Å². The highest BCUT2D eigenvalue weighted by Crippen LogP contribution is 2.13. The first-order valence-corrected chi connectivity index (χ1v) is 5.80. The summed E-state index contributed by atoms with van der Waals surface area (Å²) in [4.78, 5) is 2.29. The van der Waals surface area contributed by atoms with Crippen LogP contribution in [0.1, 0.15) is 19.3 Å². The van der Waals surface area contributed by atoms with E-state index >= 15 is 0 Å². The zero-order valence-electron chi connectivity index (χ0n) is 9.65. The van der Waals surface area contributed by atoms with Crippen molar-refractivity contribution in [2.75, 3.05) is 46.6 Å². The largest absolute Gasteiger partial charge is 0.395 e. The molecule has 1 aliphatic rings. The zero-order chi connectivity index (χ0) is 10.9. The summed E-state index contributed by atoms with van der Waals surface area (Å²) in [7, 11) is 1.72. The summed E-state index contributed by atoms with van der Waals surface area (Å²) in [5.41, 5.74) is 0. The second-order valence-electron chi connectivity index (χ2n) is 3.98. The molecule has 0 unspecified atom stereocenters. The molecule has 1 fully saturated rings. The van der Waals surface area contributed by atoms with Gasteiger partial charge in [0, 0.05) is 40.0 Å². The summed E-state index contributed by atoms with van der Waals surface area (Å²) in [5, 5.41) is 8.80. The molecule has 0 amide bonds. The molecular weight excluding hydrogens is 194 g/mol. The van der Waals surface area contributed by atoms with E-state index in [-0.39, 0.29) is 6.61 Å². The summed E-state index contributed by atoms with van der Waals surface area (Å²) in [6, 6.07) is 0. The van der Waals surface area contributed by atoms with Crippen molar-refractivity contribution in [3.05, 3.63) is 0 Å². The molecule has 90 valence electrons. The number of rotatable bonds is 7. The van der Waals surface area contributed by atoms with Gasteiger partial charge in [-0.2, -0.15) is 0 Å². The van der Waals surface area contributed by atoms with Gasteiger partial charge in [-0.15, -0.1) is 0 Å². The molecule has 0 aromatic heterocycles. The van der Waals surface area contributed by atoms with Crippen LogP contribution in [-0.4, -0.2) is 62.7 Å². The molecule has 0 spiro atoms. The third kappa shape index (κ3) is 5.47. The third-order valence-corrected chi connectivity index (χ3v) is 2.80. The first-order valence-electron chi connectivity index (χ1n) is 5.80. The number of methoxy groups -OCH3 is 1. The van der Waals surface area contributed by atoms with Crippen LogP contribution < -0.4 is 0 Å². The lowest BCUT2D eigenvalue weighted by Crippen LogP contribution is -2.38. The molecule has 1 aliphatic heterocycles. The molecule has 0 aromatic carbocycles. The second kappa shape index (κ2) is 8.05. The molecule has 4 heteroatoms. The number of β-amino-alcohol motifs (C(OH)–C–C–N with tert-alkyl or cyclic N) is 1. The number of aliphatic hydroxyl groups is 1. The van der Waals surface area contributed by atoms with Crippen LogP contribution in [0.3, 0.4) is 0 Å². The number of hydrogen-bond acceptors (Lipinski definition) is 4. The van der Waals surface area contributed by atoms with Gasteiger partial charge in [0.05, 0.1) is 12.7 Å². The molecule has 0 aliphatic carbocycles. The quantitative estimate of drug-likeness (QED) is 0.630. The van der Waals surface area contributed by atoms with Gasteiger partial charge in [-0.3, -0.25) is 0 Å². The van der Waals surface area contributed by atoms with E-state index in [1.165, 1.54) is 0 Å². The van der Waals surface area contributed by atoms with Gasteiger partial charge in [0.15, 0.2) is 0 Å². The number of ether oxygens (including phenoxy) is 2. The number of hydrogen-bond donors (Lipinski definition) is 1. The van der Waals surface area contributed by atoms with Crippen molar-refractivity contribution < 1.29 is 14.6 Å². The highest BCUT2D eigenvalue weighted by molar-refractivity contribution is 4.72. The topological polar surface area (TPSA) is 41.9 Å². The maximum atomic E-state index is 8.80. The summed E-state index contributed by atoms with van der Waals surface area (Å²) in [5.74, 6) is 0. The maximum absolute atomic E-state index is 8.80. The number of aliphatic hydroxyl groups excluding tert-OH is 1. The predicted octanol–water partition coefficient (Wildman–Crippen LogP) is 0.496. The number of nitrogens with zero attached hydrogens (tertiary/aromatic N) is 1. The summed E-state index contributed by atoms with van der Waals surface area (Å²) >= 11 is 0. The molecule has 0 aromatic rings. The second-order valence-corrected chi connectivity index (χ2v) is 3.98. The van der Waals surface area contributed by atoms with Crippen LogP contribution in [0.2, 0.25) is 0 Å². The first-order chi connectivity index (χ1) is 7.36. The zero-order valence-corrected chi connectivity index (χ0v) is 9.65. The Balaban J connectivity index is 1.99. The molecule has 1 saturated heterocycles. The van der Waals surface area contributed by atoms with Crippen molar-refractivity contribution in [3.8, 4) is 0 Å². The minimum Gasteiger partial charge on any atom is -0.395 e. The lowest BCUT2D eigenvalue weighted by molar-refractivity contribution is -0.00225. The van der Waals surface area contributed by atoms with Crippen LogP contribution in [0.25, 0.3) is 0 Å². The monoisotopic (exact) mass is 217 g/mol. The highest BCUT2D eigenvalue weighted by Gasteiger charge is 2.18. The molecular formula is C11H23NO3. The van der Waals surface area contributed by atoms with E-state index < -0.39 is 0 Å². The van der Waals surface area contributed by atoms with E-state index in [2.05, 4.69) is 4.90 Å². The standard InChI is InChI=1S/C11H23NO3/c1-14-9-2-10-15-11-3-5-12(6-4-11)7-8-13/h11,13H,2-10H2,1H3. The Morgan fingerprint density at radius 1 is 1.27 bits per heavy atom. The van der Waals surface area contributed by atoms with Gasteiger partial charge in [-0.1, -0.05) is 0 Å². The first kappa shape index (κ1) is 12.9. The Bertz CT molecular complexity index is 144. The fourth-order valence-electron chi connectivity index (χ4n) is 1.89. The van der Waals surface area contributed by atoms with Crippen LogP contribution in [0.15, 0.2) is 0 Å². The lowest BCUT2D eigenvalue weighted by Gasteiger charge is -2.31. The van der Waals surface area contributed by atoms with Crippen LogP contribution in [0, 0.1) is 0 Å². The van der Waals surface area contributed by atoms with Crippen molar-refractivity contribution in [1.82, 2.24) is 4.90 Å². The van der Waals surface area contributed by atoms with Crippen LogP contribution in [-0.2, 0) is 9.47 Å². The van der Waals surface area contributed by atoms with Crippen molar-refractivity contribution in [2.45, 2.75) is 25.4 Å². The SMILES string of the molecule is COCCCOC1CCN(CCO)CC1. The van der Waals surface area contributed by atoms with Crippen molar-refractivity contribution >= 4 is 0 Å². The molecule has 1 rings (SSSR count). The third-order valence-electron chi connectivity index (χ3n) is 2.80. The van der Waals surface area contributed by atoms with E-state index in [4.69, 9.17) is 14.6 Å². The van der Waals surface area contributed by atoms with E-state index in [1.54, 1.807) is 7.11 Å². The van der Waals surface area contributed by atoms with Gasteiger partial charge >= 0.3 is 0 Å². The van der Waals surface area contributed by atoms with Crippen LogP contribution in [0.5, 0.6) is 0 Å². The molecule has 0 atom stereocenters. The molecule has 0 radical (unpaired) electrons. The fraction of sp³-hybridized carbons (Fsp3) is 1.00.